The highest BCUT2D eigenvalue weighted by molar-refractivity contribution is 6.98. The molecule has 12 heteroatoms. The standard InChI is InChI=1S/C27H19F3N2O6Si/c1-37-12-38-27(10-31,11-32)22-23(28)20(21(26(35)36)24(29)25(22)30)19-15-6-4-13(33)8-17(15)39(2,3)18-9-14(34)5-7-16(18)19/h4-9,33H,12H2,1-3H3,(H,35,36). The third-order valence-corrected chi connectivity index (χ3v) is 10.2. The number of fused-ring (bicyclic) bond motifs is 2. The Morgan fingerprint density at radius 1 is 1.10 bits per heavy atom. The van der Waals surface area contributed by atoms with E-state index in [1.807, 2.05) is 13.1 Å². The number of rotatable bonds is 6. The fourth-order valence-corrected chi connectivity index (χ4v) is 7.98. The summed E-state index contributed by atoms with van der Waals surface area (Å²) < 4.78 is 57.1. The topological polar surface area (TPSA) is 141 Å². The van der Waals surface area contributed by atoms with Crippen LogP contribution in [0.3, 0.4) is 0 Å². The average molecular weight is 553 g/mol. The Hall–Kier alpha value is -4.49. The van der Waals surface area contributed by atoms with Gasteiger partial charge in [-0.3, -0.25) is 4.79 Å². The first kappa shape index (κ1) is 27.5. The highest BCUT2D eigenvalue weighted by Crippen LogP contribution is 2.46. The van der Waals surface area contributed by atoms with E-state index < -0.39 is 66.4 Å². The zero-order chi connectivity index (χ0) is 28.9. The average Bonchev–Trinajstić information content (AvgIpc) is 2.89. The summed E-state index contributed by atoms with van der Waals surface area (Å²) in [5.41, 5.74) is -6.70. The molecule has 2 aromatic rings. The van der Waals surface area contributed by atoms with Gasteiger partial charge in [-0.15, -0.1) is 0 Å². The lowest BCUT2D eigenvalue weighted by Crippen LogP contribution is -2.49. The summed E-state index contributed by atoms with van der Waals surface area (Å²) in [6.07, 6.45) is 3.78. The molecule has 39 heavy (non-hydrogen) atoms. The fourth-order valence-electron chi connectivity index (χ4n) is 4.91. The number of benzene rings is 2. The second-order valence-electron chi connectivity index (χ2n) is 9.27. The third kappa shape index (κ3) is 4.06. The normalized spacial score (nSPS) is 15.7. The minimum Gasteiger partial charge on any atom is -0.508 e. The Morgan fingerprint density at radius 2 is 1.77 bits per heavy atom. The fraction of sp³-hybridized carbons (Fsp3) is 0.185. The molecule has 2 N–H and O–H groups in total. The van der Waals surface area contributed by atoms with Crippen molar-refractivity contribution in [2.45, 2.75) is 18.7 Å². The highest BCUT2D eigenvalue weighted by atomic mass is 28.3. The Morgan fingerprint density at radius 3 is 2.36 bits per heavy atom. The van der Waals surface area contributed by atoms with Gasteiger partial charge < -0.3 is 19.7 Å². The number of allylic oxidation sites excluding steroid dienone is 5. The smallest absolute Gasteiger partial charge is 0.339 e. The molecule has 0 fully saturated rings. The van der Waals surface area contributed by atoms with Crippen LogP contribution in [-0.4, -0.2) is 43.9 Å². The van der Waals surface area contributed by atoms with E-state index in [4.69, 9.17) is 4.74 Å². The molecular formula is C27H19F3N2O6Si. The summed E-state index contributed by atoms with van der Waals surface area (Å²) in [5, 5.41) is 40.5. The number of hydrogen-bond acceptors (Lipinski definition) is 7. The van der Waals surface area contributed by atoms with E-state index >= 15 is 13.2 Å². The lowest BCUT2D eigenvalue weighted by Gasteiger charge is -2.38. The molecular weight excluding hydrogens is 533 g/mol. The van der Waals surface area contributed by atoms with Gasteiger partial charge in [0, 0.05) is 12.7 Å². The van der Waals surface area contributed by atoms with Crippen LogP contribution in [0.2, 0.25) is 13.1 Å². The van der Waals surface area contributed by atoms with Crippen molar-refractivity contribution in [2.24, 2.45) is 0 Å². The molecule has 1 aliphatic heterocycles. The minimum atomic E-state index is -3.06. The molecule has 8 nitrogen and oxygen atoms in total. The molecule has 0 bridgehead atoms. The van der Waals surface area contributed by atoms with Crippen molar-refractivity contribution in [1.29, 1.82) is 10.5 Å². The van der Waals surface area contributed by atoms with Crippen LogP contribution in [0.5, 0.6) is 5.75 Å². The Balaban J connectivity index is 2.27. The summed E-state index contributed by atoms with van der Waals surface area (Å²) >= 11 is 0. The van der Waals surface area contributed by atoms with Gasteiger partial charge in [-0.25, -0.2) is 18.0 Å². The van der Waals surface area contributed by atoms with Gasteiger partial charge in [0.2, 0.25) is 0 Å². The molecule has 4 rings (SSSR count). The van der Waals surface area contributed by atoms with Gasteiger partial charge in [0.15, 0.2) is 17.4 Å². The van der Waals surface area contributed by atoms with Crippen LogP contribution in [0.1, 0.15) is 27.0 Å². The van der Waals surface area contributed by atoms with Gasteiger partial charge >= 0.3 is 5.97 Å². The predicted octanol–water partition coefficient (Wildman–Crippen LogP) is 3.71. The summed E-state index contributed by atoms with van der Waals surface area (Å²) in [6.45, 7) is 2.91. The second kappa shape index (κ2) is 9.67. The first-order valence-corrected chi connectivity index (χ1v) is 14.3. The summed E-state index contributed by atoms with van der Waals surface area (Å²) in [4.78, 5) is 24.6. The predicted molar refractivity (Wildman–Crippen MR) is 133 cm³/mol. The van der Waals surface area contributed by atoms with Crippen LogP contribution in [0, 0.1) is 40.1 Å². The number of ketones is 1. The van der Waals surface area contributed by atoms with Crippen LogP contribution in [0.4, 0.5) is 13.2 Å². The number of ether oxygens (including phenoxy) is 2. The Labute approximate surface area is 221 Å². The van der Waals surface area contributed by atoms with E-state index in [0.717, 1.165) is 13.2 Å². The maximum atomic E-state index is 16.5. The molecule has 2 aromatic carbocycles. The summed E-state index contributed by atoms with van der Waals surface area (Å²) in [6, 6.07) is 6.69. The van der Waals surface area contributed by atoms with Gasteiger partial charge in [-0.1, -0.05) is 25.2 Å². The van der Waals surface area contributed by atoms with Crippen LogP contribution in [0.15, 0.2) is 47.2 Å². The van der Waals surface area contributed by atoms with Crippen molar-refractivity contribution in [3.63, 3.8) is 0 Å². The SMILES string of the molecule is COCOC(C#N)(C#N)c1c(F)c(F)c(C(=O)O)c(C2=C3C=CC(=O)C=C3[Si](C)(C)c3cc(O)ccc32)c1F. The van der Waals surface area contributed by atoms with Crippen molar-refractivity contribution in [1.82, 2.24) is 0 Å². The van der Waals surface area contributed by atoms with Crippen molar-refractivity contribution in [2.75, 3.05) is 13.9 Å². The third-order valence-electron chi connectivity index (χ3n) is 6.72. The first-order valence-electron chi connectivity index (χ1n) is 11.3. The lowest BCUT2D eigenvalue weighted by molar-refractivity contribution is -0.110. The molecule has 0 saturated heterocycles. The second-order valence-corrected chi connectivity index (χ2v) is 13.6. The quantitative estimate of drug-likeness (QED) is 0.314. The van der Waals surface area contributed by atoms with E-state index in [9.17, 15) is 30.3 Å². The van der Waals surface area contributed by atoms with E-state index in [1.54, 1.807) is 0 Å². The number of carbonyl (C=O) groups excluding carboxylic acids is 1. The Kier molecular flexibility index (Phi) is 6.83. The van der Waals surface area contributed by atoms with Crippen molar-refractivity contribution in [3.8, 4) is 17.9 Å². The number of nitriles is 2. The maximum absolute atomic E-state index is 16.5. The molecule has 1 aliphatic carbocycles. The Bertz CT molecular complexity index is 1630. The number of aromatic carboxylic acids is 1. The number of aromatic hydroxyl groups is 1. The van der Waals surface area contributed by atoms with Crippen LogP contribution in [0.25, 0.3) is 5.57 Å². The largest absolute Gasteiger partial charge is 0.508 e. The number of hydrogen-bond donors (Lipinski definition) is 2. The highest BCUT2D eigenvalue weighted by Gasteiger charge is 2.47. The molecule has 0 radical (unpaired) electrons. The molecule has 0 atom stereocenters. The van der Waals surface area contributed by atoms with E-state index in [2.05, 4.69) is 4.74 Å². The minimum absolute atomic E-state index is 0.166. The first-order chi connectivity index (χ1) is 18.4. The van der Waals surface area contributed by atoms with E-state index in [0.29, 0.717) is 10.4 Å². The van der Waals surface area contributed by atoms with Gasteiger partial charge in [-0.2, -0.15) is 10.5 Å². The maximum Gasteiger partial charge on any atom is 0.339 e. The monoisotopic (exact) mass is 552 g/mol. The number of carboxylic acids is 1. The zero-order valence-electron chi connectivity index (χ0n) is 20.7. The number of carboxylic acid groups (broad SMARTS) is 1. The van der Waals surface area contributed by atoms with Crippen molar-refractivity contribution >= 4 is 30.6 Å². The molecule has 1 heterocycles. The number of carbonyl (C=O) groups is 2. The van der Waals surface area contributed by atoms with E-state index in [1.165, 1.54) is 42.5 Å². The summed E-state index contributed by atoms with van der Waals surface area (Å²) in [7, 11) is -1.69. The van der Waals surface area contributed by atoms with Crippen LogP contribution >= 0.6 is 0 Å². The molecule has 0 unspecified atom stereocenters. The molecule has 0 saturated carbocycles. The molecule has 0 aromatic heterocycles. The van der Waals surface area contributed by atoms with Gasteiger partial charge in [0.1, 0.15) is 44.1 Å². The number of halogens is 3. The summed E-state index contributed by atoms with van der Waals surface area (Å²) in [5.74, 6) is -8.44. The molecule has 198 valence electrons. The van der Waals surface area contributed by atoms with Crippen molar-refractivity contribution < 1.29 is 42.4 Å². The van der Waals surface area contributed by atoms with Crippen molar-refractivity contribution in [3.05, 3.63) is 86.9 Å². The molecule has 0 spiro atoms. The number of phenolic OH excluding ortho intramolecular Hbond substituents is 1. The van der Waals surface area contributed by atoms with Gasteiger partial charge in [0.05, 0.1) is 5.56 Å². The lowest BCUT2D eigenvalue weighted by atomic mass is 9.83. The number of nitrogens with zero attached hydrogens (tertiary/aromatic N) is 2. The molecule has 0 amide bonds. The van der Waals surface area contributed by atoms with Crippen LogP contribution in [-0.2, 0) is 19.9 Å². The van der Waals surface area contributed by atoms with Gasteiger partial charge in [-0.05, 0) is 51.4 Å². The van der Waals surface area contributed by atoms with Crippen LogP contribution < -0.4 is 5.19 Å². The number of methoxy groups -OCH3 is 1. The van der Waals surface area contributed by atoms with Gasteiger partial charge in [0.25, 0.3) is 5.60 Å². The number of phenols is 1. The molecule has 2 aliphatic rings. The zero-order valence-corrected chi connectivity index (χ0v) is 21.7. The van der Waals surface area contributed by atoms with E-state index in [-0.39, 0.29) is 22.5 Å².